The average Bonchev–Trinajstić information content (AvgIpc) is 3.12. The zero-order chi connectivity index (χ0) is 17.8. The van der Waals surface area contributed by atoms with E-state index in [9.17, 15) is 0 Å². The normalized spacial score (nSPS) is 17.7. The number of rotatable bonds is 5. The minimum atomic E-state index is 0.697. The molecule has 0 aliphatic carbocycles. The van der Waals surface area contributed by atoms with Gasteiger partial charge in [0.05, 0.1) is 0 Å². The molecule has 2 aromatic rings. The molecular weight excluding hydrogens is 318 g/mol. The van der Waals surface area contributed by atoms with Gasteiger partial charge in [-0.2, -0.15) is 0 Å². The summed E-state index contributed by atoms with van der Waals surface area (Å²) in [5.74, 6) is 0. The topological polar surface area (TPSA) is 18.5 Å². The Kier molecular flexibility index (Phi) is 5.14. The molecule has 2 aromatic carbocycles. The molecule has 0 radical (unpaired) electrons. The number of para-hydroxylation sites is 1. The number of likely N-dealkylation sites (tertiary alicyclic amines) is 1. The minimum Gasteiger partial charge on any atom is -0.385 e. The van der Waals surface area contributed by atoms with Gasteiger partial charge in [-0.1, -0.05) is 30.3 Å². The molecule has 136 valence electrons. The maximum absolute atomic E-state index is 3.34. The minimum absolute atomic E-state index is 0.697. The Morgan fingerprint density at radius 2 is 1.77 bits per heavy atom. The smallest absolute Gasteiger partial charge is 0.0402 e. The summed E-state index contributed by atoms with van der Waals surface area (Å²) in [4.78, 5) is 5.12. The zero-order valence-corrected chi connectivity index (χ0v) is 15.7. The molecule has 2 heterocycles. The van der Waals surface area contributed by atoms with Crippen LogP contribution in [-0.2, 0) is 6.42 Å². The number of nitrogens with one attached hydrogen (secondary N) is 1. The standard InChI is InChI=1S/C23H29N3/c1-2-24-21-9-7-19(8-10-21)11-15-25-16-13-22(14-17-25)26-18-12-20-5-3-4-6-23(20)26/h3-11,15,22,24H,2,12-14,16-18H2,1H3. The summed E-state index contributed by atoms with van der Waals surface area (Å²) in [5.41, 5.74) is 5.46. The molecule has 3 heteroatoms. The molecule has 0 saturated carbocycles. The third kappa shape index (κ3) is 3.72. The van der Waals surface area contributed by atoms with E-state index in [1.54, 1.807) is 0 Å². The molecule has 2 aliphatic rings. The average molecular weight is 348 g/mol. The van der Waals surface area contributed by atoms with Crippen LogP contribution in [0.4, 0.5) is 11.4 Å². The van der Waals surface area contributed by atoms with Gasteiger partial charge in [-0.15, -0.1) is 0 Å². The van der Waals surface area contributed by atoms with Gasteiger partial charge in [0.25, 0.3) is 0 Å². The van der Waals surface area contributed by atoms with Crippen molar-refractivity contribution in [1.29, 1.82) is 0 Å². The Morgan fingerprint density at radius 3 is 2.54 bits per heavy atom. The summed E-state index contributed by atoms with van der Waals surface area (Å²) in [5, 5.41) is 3.34. The van der Waals surface area contributed by atoms with Crippen molar-refractivity contribution in [2.45, 2.75) is 32.2 Å². The van der Waals surface area contributed by atoms with Crippen molar-refractivity contribution >= 4 is 17.5 Å². The predicted molar refractivity (Wildman–Crippen MR) is 112 cm³/mol. The largest absolute Gasteiger partial charge is 0.385 e. The van der Waals surface area contributed by atoms with E-state index in [4.69, 9.17) is 0 Å². The van der Waals surface area contributed by atoms with Gasteiger partial charge < -0.3 is 15.1 Å². The van der Waals surface area contributed by atoms with Crippen LogP contribution in [0.3, 0.4) is 0 Å². The highest BCUT2D eigenvalue weighted by Gasteiger charge is 2.28. The summed E-state index contributed by atoms with van der Waals surface area (Å²) in [7, 11) is 0. The second-order valence-electron chi connectivity index (χ2n) is 7.31. The summed E-state index contributed by atoms with van der Waals surface area (Å²) in [6.45, 7) is 6.58. The van der Waals surface area contributed by atoms with Crippen molar-refractivity contribution < 1.29 is 0 Å². The van der Waals surface area contributed by atoms with Crippen LogP contribution in [-0.4, -0.2) is 37.1 Å². The maximum atomic E-state index is 3.34. The second-order valence-corrected chi connectivity index (χ2v) is 7.31. The van der Waals surface area contributed by atoms with Crippen LogP contribution in [0, 0.1) is 0 Å². The van der Waals surface area contributed by atoms with Gasteiger partial charge in [-0.25, -0.2) is 0 Å². The van der Waals surface area contributed by atoms with E-state index < -0.39 is 0 Å². The molecule has 0 atom stereocenters. The Balaban J connectivity index is 1.31. The predicted octanol–water partition coefficient (Wildman–Crippen LogP) is 4.62. The van der Waals surface area contributed by atoms with Crippen LogP contribution >= 0.6 is 0 Å². The number of piperidine rings is 1. The van der Waals surface area contributed by atoms with Crippen molar-refractivity contribution in [2.24, 2.45) is 0 Å². The van der Waals surface area contributed by atoms with E-state index in [1.165, 1.54) is 48.3 Å². The van der Waals surface area contributed by atoms with Crippen LogP contribution in [0.5, 0.6) is 0 Å². The van der Waals surface area contributed by atoms with Gasteiger partial charge in [0.15, 0.2) is 0 Å². The fraction of sp³-hybridized carbons (Fsp3) is 0.391. The van der Waals surface area contributed by atoms with E-state index in [0.29, 0.717) is 6.04 Å². The molecular formula is C23H29N3. The fourth-order valence-corrected chi connectivity index (χ4v) is 4.20. The van der Waals surface area contributed by atoms with Gasteiger partial charge in [-0.05, 0) is 67.8 Å². The van der Waals surface area contributed by atoms with Crippen molar-refractivity contribution in [3.05, 3.63) is 65.9 Å². The third-order valence-corrected chi connectivity index (χ3v) is 5.63. The van der Waals surface area contributed by atoms with Crippen LogP contribution in [0.15, 0.2) is 54.7 Å². The first-order valence-corrected chi connectivity index (χ1v) is 9.94. The number of hydrogen-bond acceptors (Lipinski definition) is 3. The lowest BCUT2D eigenvalue weighted by Gasteiger charge is -2.37. The molecule has 0 bridgehead atoms. The Hall–Kier alpha value is -2.42. The van der Waals surface area contributed by atoms with E-state index in [-0.39, 0.29) is 0 Å². The van der Waals surface area contributed by atoms with Crippen LogP contribution in [0.2, 0.25) is 0 Å². The highest BCUT2D eigenvalue weighted by Crippen LogP contribution is 2.32. The summed E-state index contributed by atoms with van der Waals surface area (Å²) in [6.07, 6.45) is 8.22. The van der Waals surface area contributed by atoms with E-state index in [2.05, 4.69) is 82.8 Å². The number of nitrogens with zero attached hydrogens (tertiary/aromatic N) is 2. The first-order valence-electron chi connectivity index (χ1n) is 9.94. The van der Waals surface area contributed by atoms with E-state index >= 15 is 0 Å². The highest BCUT2D eigenvalue weighted by molar-refractivity contribution is 5.59. The first kappa shape index (κ1) is 17.0. The lowest BCUT2D eigenvalue weighted by molar-refractivity contribution is 0.280. The molecule has 4 rings (SSSR count). The van der Waals surface area contributed by atoms with Gasteiger partial charge in [0.2, 0.25) is 0 Å². The molecule has 1 saturated heterocycles. The summed E-state index contributed by atoms with van der Waals surface area (Å²) >= 11 is 0. The fourth-order valence-electron chi connectivity index (χ4n) is 4.20. The molecule has 1 fully saturated rings. The monoisotopic (exact) mass is 347 g/mol. The van der Waals surface area contributed by atoms with Gasteiger partial charge in [0.1, 0.15) is 0 Å². The molecule has 0 amide bonds. The van der Waals surface area contributed by atoms with Crippen molar-refractivity contribution in [3.8, 4) is 0 Å². The number of hydrogen-bond donors (Lipinski definition) is 1. The number of anilines is 2. The number of fused-ring (bicyclic) bond motifs is 1. The summed E-state index contributed by atoms with van der Waals surface area (Å²) in [6, 6.07) is 18.3. The Labute approximate surface area is 157 Å². The second kappa shape index (κ2) is 7.86. The maximum Gasteiger partial charge on any atom is 0.0402 e. The summed E-state index contributed by atoms with van der Waals surface area (Å²) < 4.78 is 0. The Bertz CT molecular complexity index is 742. The van der Waals surface area contributed by atoms with Gasteiger partial charge in [0, 0.05) is 43.6 Å². The molecule has 2 aliphatic heterocycles. The molecule has 0 unspecified atom stereocenters. The third-order valence-electron chi connectivity index (χ3n) is 5.63. The van der Waals surface area contributed by atoms with Crippen LogP contribution in [0.25, 0.3) is 6.08 Å². The van der Waals surface area contributed by atoms with Crippen molar-refractivity contribution in [2.75, 3.05) is 36.4 Å². The van der Waals surface area contributed by atoms with Crippen molar-refractivity contribution in [1.82, 2.24) is 4.90 Å². The lowest BCUT2D eigenvalue weighted by atomic mass is 10.0. The van der Waals surface area contributed by atoms with Crippen molar-refractivity contribution in [3.63, 3.8) is 0 Å². The molecule has 3 nitrogen and oxygen atoms in total. The highest BCUT2D eigenvalue weighted by atomic mass is 15.2. The van der Waals surface area contributed by atoms with Crippen LogP contribution in [0.1, 0.15) is 30.9 Å². The lowest BCUT2D eigenvalue weighted by Crippen LogP contribution is -2.42. The number of benzene rings is 2. The molecule has 0 spiro atoms. The first-order chi connectivity index (χ1) is 12.8. The van der Waals surface area contributed by atoms with Gasteiger partial charge in [-0.3, -0.25) is 0 Å². The zero-order valence-electron chi connectivity index (χ0n) is 15.7. The Morgan fingerprint density at radius 1 is 1.00 bits per heavy atom. The quantitative estimate of drug-likeness (QED) is 0.852. The SMILES string of the molecule is CCNc1ccc(C=CN2CCC(N3CCc4ccccc43)CC2)cc1. The van der Waals surface area contributed by atoms with Gasteiger partial charge >= 0.3 is 0 Å². The molecule has 26 heavy (non-hydrogen) atoms. The van der Waals surface area contributed by atoms with E-state index in [1.807, 2.05) is 0 Å². The van der Waals surface area contributed by atoms with Crippen LogP contribution < -0.4 is 10.2 Å². The molecule has 1 N–H and O–H groups in total. The van der Waals surface area contributed by atoms with E-state index in [0.717, 1.165) is 19.6 Å². The molecule has 0 aromatic heterocycles.